The summed E-state index contributed by atoms with van der Waals surface area (Å²) >= 11 is 1.37. The van der Waals surface area contributed by atoms with Gasteiger partial charge in [-0.05, 0) is 29.8 Å². The van der Waals surface area contributed by atoms with Crippen LogP contribution in [0.1, 0.15) is 4.88 Å². The molecule has 0 amide bonds. The number of thiophene rings is 1. The molecule has 1 heterocycles. The van der Waals surface area contributed by atoms with Gasteiger partial charge in [-0.2, -0.15) is 5.26 Å². The van der Waals surface area contributed by atoms with Crippen molar-refractivity contribution in [3.63, 3.8) is 0 Å². The van der Waals surface area contributed by atoms with Crippen LogP contribution in [-0.2, 0) is 0 Å². The van der Waals surface area contributed by atoms with Gasteiger partial charge in [0.05, 0.1) is 0 Å². The molecule has 0 bridgehead atoms. The maximum absolute atomic E-state index is 12.9. The van der Waals surface area contributed by atoms with Crippen LogP contribution in [0.25, 0.3) is 10.4 Å². The second-order valence-corrected chi connectivity index (χ2v) is 3.87. The van der Waals surface area contributed by atoms with E-state index in [2.05, 4.69) is 6.07 Å². The third kappa shape index (κ3) is 1.66. The summed E-state index contributed by atoms with van der Waals surface area (Å²) in [7, 11) is 0. The molecule has 0 saturated carbocycles. The lowest BCUT2D eigenvalue weighted by atomic mass is 10.2. The minimum Gasteiger partial charge on any atom is -0.207 e. The molecule has 0 radical (unpaired) electrons. The Morgan fingerprint density at radius 3 is 2.71 bits per heavy atom. The Bertz CT molecular complexity index is 496. The van der Waals surface area contributed by atoms with Gasteiger partial charge in [0.25, 0.3) is 0 Å². The summed E-state index contributed by atoms with van der Waals surface area (Å²) in [5, 5.41) is 8.64. The van der Waals surface area contributed by atoms with E-state index in [1.165, 1.54) is 23.5 Å². The zero-order chi connectivity index (χ0) is 9.97. The van der Waals surface area contributed by atoms with Crippen LogP contribution in [0, 0.1) is 17.1 Å². The standard InChI is InChI=1S/C11H6FNS/c12-9-3-1-2-8(6-9)11-5-4-10(7-13)14-11/h1-6H. The minimum atomic E-state index is -0.255. The Morgan fingerprint density at radius 1 is 1.21 bits per heavy atom. The van der Waals surface area contributed by atoms with Gasteiger partial charge < -0.3 is 0 Å². The second-order valence-electron chi connectivity index (χ2n) is 2.79. The van der Waals surface area contributed by atoms with E-state index in [0.717, 1.165) is 10.4 Å². The maximum Gasteiger partial charge on any atom is 0.123 e. The Labute approximate surface area is 85.1 Å². The monoisotopic (exact) mass is 203 g/mol. The van der Waals surface area contributed by atoms with Gasteiger partial charge in [0.2, 0.25) is 0 Å². The SMILES string of the molecule is N#Cc1ccc(-c2cccc(F)c2)s1. The van der Waals surface area contributed by atoms with E-state index in [9.17, 15) is 4.39 Å². The molecule has 0 unspecified atom stereocenters. The van der Waals surface area contributed by atoms with Crippen LogP contribution < -0.4 is 0 Å². The van der Waals surface area contributed by atoms with Gasteiger partial charge in [0, 0.05) is 4.88 Å². The van der Waals surface area contributed by atoms with Crippen LogP contribution in [0.5, 0.6) is 0 Å². The van der Waals surface area contributed by atoms with E-state index in [1.807, 2.05) is 12.1 Å². The third-order valence-corrected chi connectivity index (χ3v) is 2.86. The molecule has 14 heavy (non-hydrogen) atoms. The molecule has 2 rings (SSSR count). The van der Waals surface area contributed by atoms with Gasteiger partial charge in [0.15, 0.2) is 0 Å². The van der Waals surface area contributed by atoms with Crippen LogP contribution in [0.2, 0.25) is 0 Å². The minimum absolute atomic E-state index is 0.255. The highest BCUT2D eigenvalue weighted by molar-refractivity contribution is 7.16. The first-order valence-electron chi connectivity index (χ1n) is 4.05. The summed E-state index contributed by atoms with van der Waals surface area (Å²) in [6, 6.07) is 12.0. The fourth-order valence-corrected chi connectivity index (χ4v) is 1.99. The summed E-state index contributed by atoms with van der Waals surface area (Å²) in [4.78, 5) is 1.56. The lowest BCUT2D eigenvalue weighted by Crippen LogP contribution is -1.74. The number of nitriles is 1. The lowest BCUT2D eigenvalue weighted by Gasteiger charge is -1.95. The number of hydrogen-bond donors (Lipinski definition) is 0. The van der Waals surface area contributed by atoms with Crippen LogP contribution in [-0.4, -0.2) is 0 Å². The second kappa shape index (κ2) is 3.60. The third-order valence-electron chi connectivity index (χ3n) is 1.83. The predicted molar refractivity (Wildman–Crippen MR) is 54.4 cm³/mol. The Balaban J connectivity index is 2.45. The first kappa shape index (κ1) is 8.92. The van der Waals surface area contributed by atoms with Crippen LogP contribution >= 0.6 is 11.3 Å². The van der Waals surface area contributed by atoms with Gasteiger partial charge in [-0.25, -0.2) is 4.39 Å². The summed E-state index contributed by atoms with van der Waals surface area (Å²) in [5.74, 6) is -0.255. The molecule has 0 fully saturated rings. The summed E-state index contributed by atoms with van der Waals surface area (Å²) in [5.41, 5.74) is 0.816. The fraction of sp³-hybridized carbons (Fsp3) is 0. The van der Waals surface area contributed by atoms with Crippen LogP contribution in [0.4, 0.5) is 4.39 Å². The molecular weight excluding hydrogens is 197 g/mol. The van der Waals surface area contributed by atoms with Gasteiger partial charge in [-0.15, -0.1) is 11.3 Å². The Hall–Kier alpha value is -1.66. The summed E-state index contributed by atoms with van der Waals surface area (Å²) < 4.78 is 12.9. The molecule has 1 nitrogen and oxygen atoms in total. The van der Waals surface area contributed by atoms with Crippen LogP contribution in [0.15, 0.2) is 36.4 Å². The van der Waals surface area contributed by atoms with Gasteiger partial charge in [-0.3, -0.25) is 0 Å². The molecule has 0 aliphatic carbocycles. The highest BCUT2D eigenvalue weighted by Gasteiger charge is 2.02. The normalized spacial score (nSPS) is 9.71. The number of nitrogens with zero attached hydrogens (tertiary/aromatic N) is 1. The van der Waals surface area contributed by atoms with Crippen LogP contribution in [0.3, 0.4) is 0 Å². The van der Waals surface area contributed by atoms with Crippen molar-refractivity contribution in [2.24, 2.45) is 0 Å². The van der Waals surface area contributed by atoms with Crippen molar-refractivity contribution in [3.05, 3.63) is 47.1 Å². The zero-order valence-corrected chi connectivity index (χ0v) is 8.01. The molecule has 0 aliphatic heterocycles. The van der Waals surface area contributed by atoms with Crippen molar-refractivity contribution in [2.75, 3.05) is 0 Å². The molecule has 68 valence electrons. The first-order chi connectivity index (χ1) is 6.79. The van der Waals surface area contributed by atoms with E-state index in [1.54, 1.807) is 12.1 Å². The predicted octanol–water partition coefficient (Wildman–Crippen LogP) is 3.43. The van der Waals surface area contributed by atoms with E-state index in [4.69, 9.17) is 5.26 Å². The van der Waals surface area contributed by atoms with E-state index < -0.39 is 0 Å². The summed E-state index contributed by atoms with van der Waals surface area (Å²) in [6.07, 6.45) is 0. The molecule has 0 spiro atoms. The lowest BCUT2D eigenvalue weighted by molar-refractivity contribution is 0.628. The molecule has 3 heteroatoms. The number of rotatable bonds is 1. The van der Waals surface area contributed by atoms with Crippen molar-refractivity contribution in [1.82, 2.24) is 0 Å². The van der Waals surface area contributed by atoms with Gasteiger partial charge >= 0.3 is 0 Å². The molecule has 0 N–H and O–H groups in total. The molecule has 1 aromatic heterocycles. The zero-order valence-electron chi connectivity index (χ0n) is 7.20. The van der Waals surface area contributed by atoms with Crippen molar-refractivity contribution >= 4 is 11.3 Å². The Kier molecular flexibility index (Phi) is 2.30. The molecule has 0 atom stereocenters. The van der Waals surface area contributed by atoms with Gasteiger partial charge in [-0.1, -0.05) is 12.1 Å². The highest BCUT2D eigenvalue weighted by atomic mass is 32.1. The van der Waals surface area contributed by atoms with E-state index in [-0.39, 0.29) is 5.82 Å². The molecule has 0 saturated heterocycles. The molecular formula is C11H6FNS. The fourth-order valence-electron chi connectivity index (χ4n) is 1.19. The van der Waals surface area contributed by atoms with Crippen molar-refractivity contribution in [2.45, 2.75) is 0 Å². The number of hydrogen-bond acceptors (Lipinski definition) is 2. The van der Waals surface area contributed by atoms with Crippen molar-refractivity contribution in [1.29, 1.82) is 5.26 Å². The first-order valence-corrected chi connectivity index (χ1v) is 4.87. The van der Waals surface area contributed by atoms with Crippen molar-refractivity contribution < 1.29 is 4.39 Å². The van der Waals surface area contributed by atoms with Gasteiger partial charge in [0.1, 0.15) is 16.8 Å². The average Bonchev–Trinajstić information content (AvgIpc) is 2.66. The molecule has 2 aromatic rings. The van der Waals surface area contributed by atoms with E-state index in [0.29, 0.717) is 4.88 Å². The van der Waals surface area contributed by atoms with E-state index >= 15 is 0 Å². The molecule has 0 aliphatic rings. The number of halogens is 1. The quantitative estimate of drug-likeness (QED) is 0.696. The largest absolute Gasteiger partial charge is 0.207 e. The average molecular weight is 203 g/mol. The smallest absolute Gasteiger partial charge is 0.123 e. The topological polar surface area (TPSA) is 23.8 Å². The highest BCUT2D eigenvalue weighted by Crippen LogP contribution is 2.27. The van der Waals surface area contributed by atoms with Crippen molar-refractivity contribution in [3.8, 4) is 16.5 Å². The molecule has 1 aromatic carbocycles. The summed E-state index contributed by atoms with van der Waals surface area (Å²) in [6.45, 7) is 0. The Morgan fingerprint density at radius 2 is 2.07 bits per heavy atom. The number of benzene rings is 1. The maximum atomic E-state index is 12.9.